The van der Waals surface area contributed by atoms with Crippen molar-refractivity contribution in [3.63, 3.8) is 0 Å². The van der Waals surface area contributed by atoms with Crippen molar-refractivity contribution in [2.75, 3.05) is 6.54 Å². The molecule has 0 saturated heterocycles. The molecule has 25 heavy (non-hydrogen) atoms. The van der Waals surface area contributed by atoms with Crippen LogP contribution in [0.2, 0.25) is 0 Å². The molecule has 0 heterocycles. The number of carbonyl (C=O) groups is 1. The Morgan fingerprint density at radius 3 is 2.28 bits per heavy atom. The smallest absolute Gasteiger partial charge is 0.240 e. The molecule has 140 valence electrons. The maximum absolute atomic E-state index is 12.2. The minimum atomic E-state index is -3.42. The van der Waals surface area contributed by atoms with Crippen LogP contribution in [0.25, 0.3) is 0 Å². The Balaban J connectivity index is 1.89. The van der Waals surface area contributed by atoms with Crippen LogP contribution >= 0.6 is 0 Å². The van der Waals surface area contributed by atoms with Crippen molar-refractivity contribution in [2.24, 2.45) is 5.73 Å². The summed E-state index contributed by atoms with van der Waals surface area (Å²) in [5, 5.41) is 3.04. The number of aryl methyl sites for hydroxylation is 1. The molecule has 1 aliphatic carbocycles. The number of hydrogen-bond donors (Lipinski definition) is 3. The zero-order chi connectivity index (χ0) is 18.5. The third kappa shape index (κ3) is 5.52. The second-order valence-electron chi connectivity index (χ2n) is 6.78. The Hall–Kier alpha value is -1.44. The van der Waals surface area contributed by atoms with E-state index in [0.717, 1.165) is 31.2 Å². The molecule has 0 radical (unpaired) electrons. The van der Waals surface area contributed by atoms with Gasteiger partial charge in [-0.2, -0.15) is 0 Å². The van der Waals surface area contributed by atoms with Crippen molar-refractivity contribution < 1.29 is 13.2 Å². The van der Waals surface area contributed by atoms with E-state index in [1.807, 2.05) is 13.8 Å². The summed E-state index contributed by atoms with van der Waals surface area (Å²) in [4.78, 5) is 12.5. The van der Waals surface area contributed by atoms with Crippen molar-refractivity contribution in [3.8, 4) is 0 Å². The molecule has 0 spiro atoms. The molecule has 0 bridgehead atoms. The summed E-state index contributed by atoms with van der Waals surface area (Å²) in [6.07, 6.45) is 4.33. The molecule has 0 aromatic heterocycles. The summed E-state index contributed by atoms with van der Waals surface area (Å²) in [7, 11) is -3.42. The summed E-state index contributed by atoms with van der Waals surface area (Å²) in [6, 6.07) is 6.82. The van der Waals surface area contributed by atoms with Crippen molar-refractivity contribution in [2.45, 2.75) is 68.8 Å². The van der Waals surface area contributed by atoms with Crippen molar-refractivity contribution in [1.82, 2.24) is 10.0 Å². The molecule has 1 aromatic carbocycles. The molecule has 2 rings (SSSR count). The van der Waals surface area contributed by atoms with Gasteiger partial charge in [-0.15, -0.1) is 0 Å². The number of amides is 1. The van der Waals surface area contributed by atoms with Gasteiger partial charge >= 0.3 is 0 Å². The quantitative estimate of drug-likeness (QED) is 0.586. The molecule has 1 saturated carbocycles. The van der Waals surface area contributed by atoms with Gasteiger partial charge in [0.05, 0.1) is 10.4 Å². The average Bonchev–Trinajstić information content (AvgIpc) is 3.41. The summed E-state index contributed by atoms with van der Waals surface area (Å²) in [6.45, 7) is 4.46. The van der Waals surface area contributed by atoms with Gasteiger partial charge in [-0.25, -0.2) is 13.1 Å². The van der Waals surface area contributed by atoms with Crippen LogP contribution in [0.5, 0.6) is 0 Å². The highest BCUT2D eigenvalue weighted by Gasteiger charge is 2.28. The molecular formula is C18H29N3O3S. The minimum Gasteiger partial charge on any atom is -0.349 e. The van der Waals surface area contributed by atoms with Crippen LogP contribution in [0.3, 0.4) is 0 Å². The van der Waals surface area contributed by atoms with Crippen molar-refractivity contribution >= 4 is 15.9 Å². The molecular weight excluding hydrogens is 338 g/mol. The molecule has 7 heteroatoms. The zero-order valence-corrected chi connectivity index (χ0v) is 15.9. The van der Waals surface area contributed by atoms with Gasteiger partial charge in [-0.05, 0) is 49.8 Å². The lowest BCUT2D eigenvalue weighted by Crippen LogP contribution is -2.52. The highest BCUT2D eigenvalue weighted by Crippen LogP contribution is 2.22. The molecule has 1 aliphatic rings. The van der Waals surface area contributed by atoms with Gasteiger partial charge in [0, 0.05) is 19.0 Å². The van der Waals surface area contributed by atoms with E-state index in [9.17, 15) is 13.2 Å². The second-order valence-corrected chi connectivity index (χ2v) is 8.49. The fraction of sp³-hybridized carbons (Fsp3) is 0.611. The zero-order valence-electron chi connectivity index (χ0n) is 15.0. The Labute approximate surface area is 150 Å². The molecule has 0 unspecified atom stereocenters. The Morgan fingerprint density at radius 1 is 1.20 bits per heavy atom. The van der Waals surface area contributed by atoms with Gasteiger partial charge in [-0.1, -0.05) is 26.0 Å². The maximum atomic E-state index is 12.2. The average molecular weight is 368 g/mol. The largest absolute Gasteiger partial charge is 0.349 e. The summed E-state index contributed by atoms with van der Waals surface area (Å²) < 4.78 is 26.9. The predicted molar refractivity (Wildman–Crippen MR) is 98.6 cm³/mol. The van der Waals surface area contributed by atoms with Crippen LogP contribution in [0.1, 0.15) is 51.5 Å². The summed E-state index contributed by atoms with van der Waals surface area (Å²) in [5.41, 5.74) is 6.41. The van der Waals surface area contributed by atoms with Crippen LogP contribution in [-0.2, 0) is 21.2 Å². The van der Waals surface area contributed by atoms with Crippen LogP contribution < -0.4 is 15.8 Å². The molecule has 4 N–H and O–H groups in total. The van der Waals surface area contributed by atoms with Gasteiger partial charge in [0.15, 0.2) is 0 Å². The standard InChI is InChI=1S/C18H29N3O3S/c1-3-18(4-2,13-19)20-17(22)12-7-14-5-10-16(11-6-14)25(23,24)21-15-8-9-15/h5-6,10-11,15,21H,3-4,7-9,12-13,19H2,1-2H3,(H,20,22). The number of rotatable bonds is 10. The third-order valence-corrected chi connectivity index (χ3v) is 6.46. The SMILES string of the molecule is CCC(CC)(CN)NC(=O)CCc1ccc(S(=O)(=O)NC2CC2)cc1. The first kappa shape index (κ1) is 19.9. The molecule has 6 nitrogen and oxygen atoms in total. The maximum Gasteiger partial charge on any atom is 0.240 e. The molecule has 0 aliphatic heterocycles. The van der Waals surface area contributed by atoms with Gasteiger partial charge in [0.2, 0.25) is 15.9 Å². The van der Waals surface area contributed by atoms with E-state index < -0.39 is 10.0 Å². The molecule has 1 fully saturated rings. The third-order valence-electron chi connectivity index (χ3n) is 4.92. The highest BCUT2D eigenvalue weighted by molar-refractivity contribution is 7.89. The van der Waals surface area contributed by atoms with E-state index in [2.05, 4.69) is 10.0 Å². The van der Waals surface area contributed by atoms with Gasteiger partial charge < -0.3 is 11.1 Å². The Bertz CT molecular complexity index is 670. The fourth-order valence-corrected chi connectivity index (χ4v) is 4.01. The molecule has 1 amide bonds. The lowest BCUT2D eigenvalue weighted by Gasteiger charge is -2.31. The van der Waals surface area contributed by atoms with Gasteiger partial charge in [0.25, 0.3) is 0 Å². The topological polar surface area (TPSA) is 101 Å². The lowest BCUT2D eigenvalue weighted by atomic mass is 9.92. The summed E-state index contributed by atoms with van der Waals surface area (Å²) in [5.74, 6) is -0.0266. The number of hydrogen-bond acceptors (Lipinski definition) is 4. The Kier molecular flexibility index (Phi) is 6.59. The number of carbonyl (C=O) groups excluding carboxylic acids is 1. The fourth-order valence-electron chi connectivity index (χ4n) is 2.71. The molecule has 1 aromatic rings. The van der Waals surface area contributed by atoms with Crippen LogP contribution in [0, 0.1) is 0 Å². The first-order valence-electron chi connectivity index (χ1n) is 8.96. The van der Waals surface area contributed by atoms with Crippen molar-refractivity contribution in [3.05, 3.63) is 29.8 Å². The van der Waals surface area contributed by atoms with E-state index in [1.165, 1.54) is 0 Å². The molecule has 0 atom stereocenters. The van der Waals surface area contributed by atoms with Crippen LogP contribution in [0.15, 0.2) is 29.2 Å². The monoisotopic (exact) mass is 367 g/mol. The minimum absolute atomic E-state index is 0.0266. The first-order valence-corrected chi connectivity index (χ1v) is 10.4. The lowest BCUT2D eigenvalue weighted by molar-refractivity contribution is -0.123. The van der Waals surface area contributed by atoms with E-state index in [0.29, 0.717) is 19.4 Å². The summed E-state index contributed by atoms with van der Waals surface area (Å²) >= 11 is 0. The van der Waals surface area contributed by atoms with Crippen molar-refractivity contribution in [1.29, 1.82) is 0 Å². The van der Waals surface area contributed by atoms with Gasteiger partial charge in [0.1, 0.15) is 0 Å². The van der Waals surface area contributed by atoms with E-state index in [4.69, 9.17) is 5.73 Å². The number of nitrogens with one attached hydrogen (secondary N) is 2. The second kappa shape index (κ2) is 8.29. The van der Waals surface area contributed by atoms with Gasteiger partial charge in [-0.3, -0.25) is 4.79 Å². The normalized spacial score (nSPS) is 15.2. The first-order chi connectivity index (χ1) is 11.8. The van der Waals surface area contributed by atoms with Crippen LogP contribution in [0.4, 0.5) is 0 Å². The number of sulfonamides is 1. The predicted octanol–water partition coefficient (Wildman–Crippen LogP) is 1.69. The van der Waals surface area contributed by atoms with Crippen LogP contribution in [-0.4, -0.2) is 32.5 Å². The Morgan fingerprint density at radius 2 is 1.80 bits per heavy atom. The van der Waals surface area contributed by atoms with E-state index in [-0.39, 0.29) is 22.4 Å². The number of nitrogens with two attached hydrogens (primary N) is 1. The number of benzene rings is 1. The van der Waals surface area contributed by atoms with E-state index >= 15 is 0 Å². The van der Waals surface area contributed by atoms with E-state index in [1.54, 1.807) is 24.3 Å². The highest BCUT2D eigenvalue weighted by atomic mass is 32.2.